The Hall–Kier alpha value is 1.42. The van der Waals surface area contributed by atoms with Crippen molar-refractivity contribution in [3.05, 3.63) is 27.6 Å². The van der Waals surface area contributed by atoms with E-state index < -0.39 is 0 Å². The van der Waals surface area contributed by atoms with Crippen LogP contribution in [0.1, 0.15) is 25.7 Å². The van der Waals surface area contributed by atoms with Crippen LogP contribution in [0.2, 0.25) is 0 Å². The van der Waals surface area contributed by atoms with Crippen LogP contribution in [0, 0.1) is 22.3 Å². The standard InChI is InChI=1S/C12H27N4.3CH3.3ClH.Ti/c1-5-13-7-2-9-15-11-4-12-16-10-3-8-14-6-1;;;;;;;/h13-15H,1-12H2;3*1H3;3*1H;/q4*-1;;;;+4. The Kier molecular flexibility index (Phi) is 74.5. The van der Waals surface area contributed by atoms with Crippen molar-refractivity contribution in [2.45, 2.75) is 25.7 Å². The van der Waals surface area contributed by atoms with Crippen LogP contribution < -0.4 is 16.0 Å². The molecule has 0 aromatic heterocycles. The monoisotopic (exact) mass is 428 g/mol. The zero-order valence-corrected chi connectivity index (χ0v) is 19.2. The summed E-state index contributed by atoms with van der Waals surface area (Å²) in [6.45, 7) is 8.80. The average Bonchev–Trinajstić information content (AvgIpc) is 2.29. The predicted molar refractivity (Wildman–Crippen MR) is 111 cm³/mol. The number of hydrogen-bond acceptors (Lipinski definition) is 3. The molecule has 0 unspecified atom stereocenters. The molecule has 0 amide bonds. The first kappa shape index (κ1) is 44.1. The van der Waals surface area contributed by atoms with Crippen molar-refractivity contribution in [2.24, 2.45) is 0 Å². The minimum Gasteiger partial charge on any atom is -0.662 e. The van der Waals surface area contributed by atoms with Gasteiger partial charge in [-0.3, -0.25) is 0 Å². The fourth-order valence-electron chi connectivity index (χ4n) is 1.80. The quantitative estimate of drug-likeness (QED) is 0.409. The van der Waals surface area contributed by atoms with Gasteiger partial charge in [0.15, 0.2) is 0 Å². The summed E-state index contributed by atoms with van der Waals surface area (Å²) in [6.07, 6.45) is 4.82. The molecule has 1 saturated heterocycles. The Bertz CT molecular complexity index is 96.7. The van der Waals surface area contributed by atoms with Crippen molar-refractivity contribution in [3.8, 4) is 0 Å². The van der Waals surface area contributed by atoms with Crippen molar-refractivity contribution in [1.82, 2.24) is 16.0 Å². The first-order chi connectivity index (χ1) is 8.00. The van der Waals surface area contributed by atoms with Crippen LogP contribution in [0.5, 0.6) is 0 Å². The minimum absolute atomic E-state index is 0. The van der Waals surface area contributed by atoms with Crippen molar-refractivity contribution < 1.29 is 21.7 Å². The van der Waals surface area contributed by atoms with Gasteiger partial charge < -0.3 is 43.5 Å². The van der Waals surface area contributed by atoms with Gasteiger partial charge in [0, 0.05) is 0 Å². The van der Waals surface area contributed by atoms with Gasteiger partial charge >= 0.3 is 21.7 Å². The molecule has 0 aromatic carbocycles. The molecule has 1 aliphatic heterocycles. The molecular formula is C15H39Cl3N4Ti. The molecule has 3 N–H and O–H groups in total. The second-order valence-corrected chi connectivity index (χ2v) is 4.34. The molecule has 1 aliphatic rings. The van der Waals surface area contributed by atoms with Crippen molar-refractivity contribution >= 4 is 37.2 Å². The molecule has 0 atom stereocenters. The van der Waals surface area contributed by atoms with Gasteiger partial charge in [0.1, 0.15) is 0 Å². The fourth-order valence-corrected chi connectivity index (χ4v) is 1.80. The summed E-state index contributed by atoms with van der Waals surface area (Å²) in [5.74, 6) is 0. The molecule has 8 heteroatoms. The Morgan fingerprint density at radius 1 is 0.478 bits per heavy atom. The smallest absolute Gasteiger partial charge is 0.662 e. The van der Waals surface area contributed by atoms with Crippen LogP contribution in [0.25, 0.3) is 5.32 Å². The van der Waals surface area contributed by atoms with Gasteiger partial charge in [-0.2, -0.15) is 0 Å². The van der Waals surface area contributed by atoms with Gasteiger partial charge in [-0.05, 0) is 52.1 Å². The van der Waals surface area contributed by atoms with E-state index in [4.69, 9.17) is 0 Å². The maximum absolute atomic E-state index is 4.51. The van der Waals surface area contributed by atoms with Gasteiger partial charge in [0.25, 0.3) is 0 Å². The summed E-state index contributed by atoms with van der Waals surface area (Å²) < 4.78 is 0. The molecule has 1 rings (SSSR count). The largest absolute Gasteiger partial charge is 4.00 e. The first-order valence-electron chi connectivity index (χ1n) is 6.75. The summed E-state index contributed by atoms with van der Waals surface area (Å²) in [7, 11) is 0. The van der Waals surface area contributed by atoms with Gasteiger partial charge in [0.2, 0.25) is 0 Å². The number of rotatable bonds is 0. The molecule has 144 valence electrons. The second-order valence-electron chi connectivity index (χ2n) is 4.34. The molecule has 4 nitrogen and oxygen atoms in total. The summed E-state index contributed by atoms with van der Waals surface area (Å²) in [5.41, 5.74) is 0. The Morgan fingerprint density at radius 2 is 0.739 bits per heavy atom. The van der Waals surface area contributed by atoms with Gasteiger partial charge in [-0.1, -0.05) is 12.8 Å². The van der Waals surface area contributed by atoms with E-state index in [-0.39, 0.29) is 81.2 Å². The molecular weight excluding hydrogens is 390 g/mol. The molecule has 0 aliphatic carbocycles. The van der Waals surface area contributed by atoms with E-state index in [1.165, 1.54) is 25.7 Å². The van der Waals surface area contributed by atoms with Crippen LogP contribution >= 0.6 is 37.2 Å². The Morgan fingerprint density at radius 3 is 1.04 bits per heavy atom. The third kappa shape index (κ3) is 35.4. The fraction of sp³-hybridized carbons (Fsp3) is 0.800. The molecule has 0 saturated carbocycles. The van der Waals surface area contributed by atoms with Crippen LogP contribution in [-0.4, -0.2) is 52.4 Å². The molecule has 1 heterocycles. The van der Waals surface area contributed by atoms with E-state index in [1.54, 1.807) is 0 Å². The maximum atomic E-state index is 4.51. The summed E-state index contributed by atoms with van der Waals surface area (Å²) in [4.78, 5) is 0. The molecule has 0 radical (unpaired) electrons. The minimum atomic E-state index is 0. The normalized spacial score (nSPS) is 16.7. The number of nitrogens with zero attached hydrogens (tertiary/aromatic N) is 1. The molecule has 23 heavy (non-hydrogen) atoms. The Labute approximate surface area is 180 Å². The van der Waals surface area contributed by atoms with E-state index in [0.29, 0.717) is 0 Å². The van der Waals surface area contributed by atoms with Crippen molar-refractivity contribution in [3.63, 3.8) is 0 Å². The SMILES string of the molecule is C1C[N-]CCCNCCCNCCCNC1.Cl.Cl.Cl.[CH3-].[CH3-].[CH3-].[Ti+4]. The van der Waals surface area contributed by atoms with Crippen molar-refractivity contribution in [1.29, 1.82) is 0 Å². The van der Waals surface area contributed by atoms with E-state index >= 15 is 0 Å². The van der Waals surface area contributed by atoms with E-state index in [2.05, 4.69) is 21.3 Å². The number of nitrogens with one attached hydrogen (secondary N) is 3. The van der Waals surface area contributed by atoms with Crippen LogP contribution in [0.4, 0.5) is 0 Å². The van der Waals surface area contributed by atoms with Crippen LogP contribution in [0.3, 0.4) is 0 Å². The van der Waals surface area contributed by atoms with E-state index in [9.17, 15) is 0 Å². The predicted octanol–water partition coefficient (Wildman–Crippen LogP) is 3.32. The summed E-state index contributed by atoms with van der Waals surface area (Å²) >= 11 is 0. The molecule has 0 bridgehead atoms. The van der Waals surface area contributed by atoms with E-state index in [0.717, 1.165) is 52.4 Å². The van der Waals surface area contributed by atoms with Crippen LogP contribution in [0.15, 0.2) is 0 Å². The zero-order valence-electron chi connectivity index (χ0n) is 15.2. The first-order valence-corrected chi connectivity index (χ1v) is 6.75. The molecule has 0 aromatic rings. The van der Waals surface area contributed by atoms with E-state index in [1.807, 2.05) is 0 Å². The summed E-state index contributed by atoms with van der Waals surface area (Å²) in [6, 6.07) is 0. The van der Waals surface area contributed by atoms with Gasteiger partial charge in [-0.15, -0.1) is 50.3 Å². The maximum Gasteiger partial charge on any atom is 4.00 e. The average molecular weight is 430 g/mol. The summed E-state index contributed by atoms with van der Waals surface area (Å²) in [5, 5.41) is 14.9. The number of hydrogen-bond donors (Lipinski definition) is 3. The third-order valence-corrected chi connectivity index (χ3v) is 2.75. The molecule has 0 spiro atoms. The second kappa shape index (κ2) is 38.8. The van der Waals surface area contributed by atoms with Gasteiger partial charge in [-0.25, -0.2) is 0 Å². The Balaban J connectivity index is -0.0000000731. The molecule has 1 fully saturated rings. The van der Waals surface area contributed by atoms with Gasteiger partial charge in [0.05, 0.1) is 0 Å². The van der Waals surface area contributed by atoms with Crippen molar-refractivity contribution in [2.75, 3.05) is 52.4 Å². The number of halogens is 3. The topological polar surface area (TPSA) is 50.2 Å². The third-order valence-electron chi connectivity index (χ3n) is 2.75. The van der Waals surface area contributed by atoms with Crippen LogP contribution in [-0.2, 0) is 21.7 Å². The zero-order chi connectivity index (χ0) is 11.3.